The number of unbranched alkanes of at least 4 members (excludes halogenated alkanes) is 4. The van der Waals surface area contributed by atoms with Gasteiger partial charge in [0.1, 0.15) is 12.7 Å². The van der Waals surface area contributed by atoms with Crippen molar-refractivity contribution in [1.82, 2.24) is 0 Å². The monoisotopic (exact) mass is 574 g/mol. The standard InChI is InChI=1S/C35H58O6/c1-4-7-9-15-31(39-20-10-8-5-2)16-12-14-28-23-30-22-26-13-11-17-32(40-25-34(36)37)29(21-26)19-18-27(30)24-33(28)41-35(38)6-3/h11,13,17,27-33H,4-10,12,14-16,18-25H2,1-3H3,(H,36,37)/t27-,28?,29?,30+,31-,32?,33?/m0/s1. The van der Waals surface area contributed by atoms with E-state index in [1.807, 2.05) is 13.0 Å². The van der Waals surface area contributed by atoms with Gasteiger partial charge in [-0.05, 0) is 87.9 Å². The number of carbonyl (C=O) groups is 2. The van der Waals surface area contributed by atoms with Crippen molar-refractivity contribution in [1.29, 1.82) is 0 Å². The molecule has 2 saturated carbocycles. The van der Waals surface area contributed by atoms with Crippen molar-refractivity contribution in [3.63, 3.8) is 0 Å². The summed E-state index contributed by atoms with van der Waals surface area (Å²) in [5.41, 5.74) is 1.46. The molecule has 3 rings (SSSR count). The number of aliphatic carboxylic acids is 1. The van der Waals surface area contributed by atoms with Crippen molar-refractivity contribution in [3.05, 3.63) is 23.8 Å². The minimum absolute atomic E-state index is 0.000306. The summed E-state index contributed by atoms with van der Waals surface area (Å²) in [4.78, 5) is 23.6. The average molecular weight is 575 g/mol. The number of allylic oxidation sites excluding steroid dienone is 3. The first-order chi connectivity index (χ1) is 19.9. The van der Waals surface area contributed by atoms with Crippen LogP contribution in [0.3, 0.4) is 0 Å². The van der Waals surface area contributed by atoms with E-state index in [0.29, 0.717) is 36.2 Å². The minimum Gasteiger partial charge on any atom is -0.480 e. The second-order valence-corrected chi connectivity index (χ2v) is 12.9. The van der Waals surface area contributed by atoms with Crippen LogP contribution in [-0.4, -0.2) is 48.6 Å². The van der Waals surface area contributed by atoms with E-state index in [0.717, 1.165) is 77.2 Å². The van der Waals surface area contributed by atoms with Crippen LogP contribution < -0.4 is 0 Å². The number of fused-ring (bicyclic) bond motifs is 3. The zero-order chi connectivity index (χ0) is 29.5. The van der Waals surface area contributed by atoms with Gasteiger partial charge in [0.15, 0.2) is 0 Å². The molecule has 0 spiro atoms. The highest BCUT2D eigenvalue weighted by Gasteiger charge is 2.41. The third-order valence-electron chi connectivity index (χ3n) is 9.69. The molecule has 0 heterocycles. The number of carboxylic acid groups (broad SMARTS) is 1. The molecule has 0 aromatic rings. The predicted molar refractivity (Wildman–Crippen MR) is 164 cm³/mol. The molecule has 6 nitrogen and oxygen atoms in total. The lowest BCUT2D eigenvalue weighted by molar-refractivity contribution is -0.156. The summed E-state index contributed by atoms with van der Waals surface area (Å²) >= 11 is 0. The van der Waals surface area contributed by atoms with Gasteiger partial charge < -0.3 is 19.3 Å². The maximum Gasteiger partial charge on any atom is 0.329 e. The lowest BCUT2D eigenvalue weighted by Crippen LogP contribution is -2.40. The number of ether oxygens (including phenoxy) is 3. The maximum atomic E-state index is 12.5. The van der Waals surface area contributed by atoms with Crippen LogP contribution in [0.1, 0.15) is 130 Å². The fraction of sp³-hybridized carbons (Fsp3) is 0.829. The van der Waals surface area contributed by atoms with E-state index in [4.69, 9.17) is 19.3 Å². The quantitative estimate of drug-likeness (QED) is 0.131. The van der Waals surface area contributed by atoms with Gasteiger partial charge in [-0.1, -0.05) is 83.1 Å². The lowest BCUT2D eigenvalue weighted by atomic mass is 9.65. The van der Waals surface area contributed by atoms with Gasteiger partial charge in [-0.2, -0.15) is 0 Å². The van der Waals surface area contributed by atoms with Gasteiger partial charge in [0.05, 0.1) is 12.2 Å². The lowest BCUT2D eigenvalue weighted by Gasteiger charge is -2.43. The summed E-state index contributed by atoms with van der Waals surface area (Å²) in [5.74, 6) is 0.844. The molecular weight excluding hydrogens is 516 g/mol. The Bertz CT molecular complexity index is 835. The van der Waals surface area contributed by atoms with Gasteiger partial charge in [-0.15, -0.1) is 0 Å². The van der Waals surface area contributed by atoms with Gasteiger partial charge in [-0.25, -0.2) is 4.79 Å². The first kappa shape index (κ1) is 33.8. The highest BCUT2D eigenvalue weighted by molar-refractivity contribution is 5.69. The Hall–Kier alpha value is -1.66. The van der Waals surface area contributed by atoms with Crippen molar-refractivity contribution >= 4 is 11.9 Å². The van der Waals surface area contributed by atoms with Gasteiger partial charge in [0, 0.05) is 13.0 Å². The molecule has 0 aromatic carbocycles. The van der Waals surface area contributed by atoms with E-state index in [-0.39, 0.29) is 24.8 Å². The van der Waals surface area contributed by atoms with Crippen LogP contribution in [0.2, 0.25) is 0 Å². The summed E-state index contributed by atoms with van der Waals surface area (Å²) in [5, 5.41) is 9.13. The number of rotatable bonds is 18. The molecule has 0 radical (unpaired) electrons. The average Bonchev–Trinajstić information content (AvgIpc) is 3.15. The van der Waals surface area contributed by atoms with Gasteiger partial charge >= 0.3 is 11.9 Å². The van der Waals surface area contributed by atoms with Crippen LogP contribution in [0.4, 0.5) is 0 Å². The van der Waals surface area contributed by atoms with Crippen LogP contribution in [0.15, 0.2) is 23.8 Å². The third-order valence-corrected chi connectivity index (χ3v) is 9.69. The second kappa shape index (κ2) is 18.8. The number of hydrogen-bond acceptors (Lipinski definition) is 5. The normalized spacial score (nSPS) is 28.5. The van der Waals surface area contributed by atoms with Crippen LogP contribution >= 0.6 is 0 Å². The zero-order valence-electron chi connectivity index (χ0n) is 26.2. The third kappa shape index (κ3) is 11.9. The minimum atomic E-state index is -0.920. The molecule has 2 bridgehead atoms. The Balaban J connectivity index is 1.62. The molecule has 0 aliphatic heterocycles. The van der Waals surface area contributed by atoms with Crippen molar-refractivity contribution < 1.29 is 28.9 Å². The van der Waals surface area contributed by atoms with Gasteiger partial charge in [0.25, 0.3) is 0 Å². The fourth-order valence-electron chi connectivity index (χ4n) is 7.38. The summed E-state index contributed by atoms with van der Waals surface area (Å²) < 4.78 is 18.3. The van der Waals surface area contributed by atoms with Crippen LogP contribution in [0.25, 0.3) is 0 Å². The van der Waals surface area contributed by atoms with Crippen LogP contribution in [-0.2, 0) is 23.8 Å². The molecule has 41 heavy (non-hydrogen) atoms. The van der Waals surface area contributed by atoms with Crippen molar-refractivity contribution in [2.45, 2.75) is 148 Å². The maximum absolute atomic E-state index is 12.5. The molecule has 2 fully saturated rings. The zero-order valence-corrected chi connectivity index (χ0v) is 26.2. The van der Waals surface area contributed by atoms with E-state index in [1.165, 1.54) is 37.7 Å². The first-order valence-corrected chi connectivity index (χ1v) is 16.9. The summed E-state index contributed by atoms with van der Waals surface area (Å²) in [6, 6.07) is 0. The van der Waals surface area contributed by atoms with E-state index in [1.54, 1.807) is 0 Å². The molecule has 3 aliphatic rings. The van der Waals surface area contributed by atoms with Crippen molar-refractivity contribution in [3.8, 4) is 0 Å². The molecule has 3 aliphatic carbocycles. The fourth-order valence-corrected chi connectivity index (χ4v) is 7.38. The van der Waals surface area contributed by atoms with Gasteiger partial charge in [0.2, 0.25) is 0 Å². The Morgan fingerprint density at radius 3 is 2.41 bits per heavy atom. The molecule has 0 saturated heterocycles. The number of hydrogen-bond donors (Lipinski definition) is 1. The Labute approximate surface area is 249 Å². The molecule has 0 amide bonds. The molecule has 7 atom stereocenters. The highest BCUT2D eigenvalue weighted by Crippen LogP contribution is 2.47. The predicted octanol–water partition coefficient (Wildman–Crippen LogP) is 8.43. The van der Waals surface area contributed by atoms with Crippen LogP contribution in [0, 0.1) is 23.7 Å². The SMILES string of the molecule is CCCCCO[C@@H](CCCCC)CCCC1C[C@H]2CC3=CC=CC(OCC(=O)O)C(CC[C@H]2CC1OC(=O)CC)C3. The van der Waals surface area contributed by atoms with Crippen molar-refractivity contribution in [2.75, 3.05) is 13.2 Å². The summed E-state index contributed by atoms with van der Waals surface area (Å²) in [6.45, 7) is 7.00. The highest BCUT2D eigenvalue weighted by atomic mass is 16.5. The summed E-state index contributed by atoms with van der Waals surface area (Å²) in [7, 11) is 0. The van der Waals surface area contributed by atoms with Crippen LogP contribution in [0.5, 0.6) is 0 Å². The van der Waals surface area contributed by atoms with E-state index in [9.17, 15) is 9.59 Å². The number of carboxylic acids is 1. The van der Waals surface area contributed by atoms with E-state index in [2.05, 4.69) is 26.0 Å². The molecule has 4 unspecified atom stereocenters. The number of esters is 1. The second-order valence-electron chi connectivity index (χ2n) is 12.9. The molecule has 0 aromatic heterocycles. The summed E-state index contributed by atoms with van der Waals surface area (Å²) in [6.07, 6.45) is 25.1. The number of carbonyl (C=O) groups excluding carboxylic acids is 1. The molecular formula is C35H58O6. The largest absolute Gasteiger partial charge is 0.480 e. The Kier molecular flexibility index (Phi) is 15.5. The Morgan fingerprint density at radius 1 is 0.927 bits per heavy atom. The first-order valence-electron chi connectivity index (χ1n) is 16.9. The smallest absolute Gasteiger partial charge is 0.329 e. The topological polar surface area (TPSA) is 82.1 Å². The van der Waals surface area contributed by atoms with E-state index >= 15 is 0 Å². The Morgan fingerprint density at radius 2 is 1.66 bits per heavy atom. The molecule has 234 valence electrons. The molecule has 6 heteroatoms. The van der Waals surface area contributed by atoms with E-state index < -0.39 is 5.97 Å². The van der Waals surface area contributed by atoms with Crippen molar-refractivity contribution in [2.24, 2.45) is 23.7 Å². The van der Waals surface area contributed by atoms with Gasteiger partial charge in [-0.3, -0.25) is 4.79 Å². The molecule has 1 N–H and O–H groups in total.